The fourth-order valence-corrected chi connectivity index (χ4v) is 5.64. The number of nitrogens with two attached hydrogens (primary N) is 3. The van der Waals surface area contributed by atoms with E-state index >= 15 is 0 Å². The number of aromatic nitrogens is 3. The summed E-state index contributed by atoms with van der Waals surface area (Å²) >= 11 is -0.318. The van der Waals surface area contributed by atoms with Gasteiger partial charge < -0.3 is 42.8 Å². The third-order valence-electron chi connectivity index (χ3n) is 7.57. The molecule has 0 aliphatic heterocycles. The molecule has 4 atom stereocenters. The summed E-state index contributed by atoms with van der Waals surface area (Å²) in [5.74, 6) is 0.0570. The van der Waals surface area contributed by atoms with Gasteiger partial charge in [-0.3, -0.25) is 9.56 Å². The molecular weight excluding hydrogens is 637 g/mol. The number of hydrogen-bond donors (Lipinski definition) is 8. The minimum atomic E-state index is -4.57. The van der Waals surface area contributed by atoms with E-state index in [1.807, 2.05) is 19.1 Å². The van der Waals surface area contributed by atoms with E-state index in [9.17, 15) is 28.2 Å². The Labute approximate surface area is 272 Å². The summed E-state index contributed by atoms with van der Waals surface area (Å²) in [6.45, 7) is 2.69. The van der Waals surface area contributed by atoms with Crippen LogP contribution in [0.1, 0.15) is 49.5 Å². The average Bonchev–Trinajstić information content (AvgIpc) is 3.44. The fraction of sp³-hybridized carbons (Fsp3) is 0.387. The standard InChI is InChI=1S/C31H39F3N8O4S/c1-17(38-9-2-10-39-29(36)37)18-3-5-22(6-4-18)42-15-21-14-25(40-28(21)41-30(42)46)19-11-20(13-23(12-19)47-31(32,33)34)26(44)8-7-24(35)27(45)16-43/h3-6,11-15,17,24,26-27,38,43-45H,2,7-10,16,35H2,1H3,(H4,36,37,39)(H,40,41,46)/t17-,24?,26+,27?/m0/s1. The van der Waals surface area contributed by atoms with Crippen LogP contribution in [0.2, 0.25) is 0 Å². The van der Waals surface area contributed by atoms with Crippen molar-refractivity contribution in [2.24, 2.45) is 22.2 Å². The first-order chi connectivity index (χ1) is 22.2. The van der Waals surface area contributed by atoms with Gasteiger partial charge in [-0.05, 0) is 97.6 Å². The minimum absolute atomic E-state index is 0.0337. The van der Waals surface area contributed by atoms with Crippen molar-refractivity contribution in [2.45, 2.75) is 60.9 Å². The van der Waals surface area contributed by atoms with Crippen molar-refractivity contribution in [1.82, 2.24) is 19.9 Å². The van der Waals surface area contributed by atoms with Crippen molar-refractivity contribution in [3.05, 3.63) is 76.3 Å². The second kappa shape index (κ2) is 15.8. The van der Waals surface area contributed by atoms with Crippen LogP contribution < -0.4 is 28.2 Å². The summed E-state index contributed by atoms with van der Waals surface area (Å²) in [6.07, 6.45) is 0.145. The second-order valence-electron chi connectivity index (χ2n) is 11.2. The van der Waals surface area contributed by atoms with Gasteiger partial charge in [-0.2, -0.15) is 18.2 Å². The molecule has 4 rings (SSSR count). The van der Waals surface area contributed by atoms with E-state index in [1.165, 1.54) is 16.7 Å². The molecule has 0 saturated heterocycles. The predicted molar refractivity (Wildman–Crippen MR) is 176 cm³/mol. The van der Waals surface area contributed by atoms with Crippen LogP contribution in [0, 0.1) is 0 Å². The monoisotopic (exact) mass is 676 g/mol. The molecule has 0 aliphatic carbocycles. The van der Waals surface area contributed by atoms with Crippen molar-refractivity contribution >= 4 is 28.8 Å². The zero-order chi connectivity index (χ0) is 34.3. The first-order valence-corrected chi connectivity index (χ1v) is 15.7. The summed E-state index contributed by atoms with van der Waals surface area (Å²) < 4.78 is 41.4. The van der Waals surface area contributed by atoms with Crippen molar-refractivity contribution in [3.63, 3.8) is 0 Å². The lowest BCUT2D eigenvalue weighted by Gasteiger charge is -2.19. The van der Waals surface area contributed by atoms with Gasteiger partial charge in [0.15, 0.2) is 5.96 Å². The number of aliphatic hydroxyl groups is 3. The Morgan fingerprint density at radius 3 is 2.49 bits per heavy atom. The Balaban J connectivity index is 1.57. The highest BCUT2D eigenvalue weighted by atomic mass is 32.2. The van der Waals surface area contributed by atoms with Crippen LogP contribution in [0.4, 0.5) is 13.2 Å². The number of benzene rings is 2. The lowest BCUT2D eigenvalue weighted by atomic mass is 9.98. The summed E-state index contributed by atoms with van der Waals surface area (Å²) in [6, 6.07) is 12.4. The van der Waals surface area contributed by atoms with E-state index in [2.05, 4.69) is 20.3 Å². The number of aromatic amines is 1. The van der Waals surface area contributed by atoms with Crippen molar-refractivity contribution < 1.29 is 28.5 Å². The van der Waals surface area contributed by atoms with Gasteiger partial charge in [0, 0.05) is 40.8 Å². The maximum absolute atomic E-state index is 13.3. The van der Waals surface area contributed by atoms with Gasteiger partial charge in [0.2, 0.25) is 0 Å². The number of aliphatic hydroxyl groups excluding tert-OH is 3. The van der Waals surface area contributed by atoms with Gasteiger partial charge in [0.05, 0.1) is 24.5 Å². The number of aliphatic imine (C=N–C) groups is 1. The number of thioether (sulfide) groups is 1. The van der Waals surface area contributed by atoms with Crippen LogP contribution in [-0.2, 0) is 0 Å². The highest BCUT2D eigenvalue weighted by molar-refractivity contribution is 8.00. The van der Waals surface area contributed by atoms with Gasteiger partial charge in [-0.25, -0.2) is 4.79 Å². The van der Waals surface area contributed by atoms with E-state index in [4.69, 9.17) is 22.3 Å². The Morgan fingerprint density at radius 2 is 1.83 bits per heavy atom. The zero-order valence-electron chi connectivity index (χ0n) is 25.6. The summed E-state index contributed by atoms with van der Waals surface area (Å²) in [7, 11) is 0. The highest BCUT2D eigenvalue weighted by Gasteiger charge is 2.30. The molecule has 47 heavy (non-hydrogen) atoms. The fourth-order valence-electron chi connectivity index (χ4n) is 4.99. The molecule has 4 aromatic rings. The Bertz CT molecular complexity index is 1720. The van der Waals surface area contributed by atoms with Crippen LogP contribution in [0.15, 0.2) is 69.4 Å². The third kappa shape index (κ3) is 10.0. The molecule has 0 saturated carbocycles. The van der Waals surface area contributed by atoms with E-state index in [-0.39, 0.29) is 52.7 Å². The first-order valence-electron chi connectivity index (χ1n) is 14.9. The van der Waals surface area contributed by atoms with Crippen LogP contribution >= 0.6 is 11.8 Å². The number of halogens is 3. The number of hydrogen-bond acceptors (Lipinski definition) is 9. The molecule has 0 radical (unpaired) electrons. The molecule has 0 fully saturated rings. The zero-order valence-corrected chi connectivity index (χ0v) is 26.4. The normalized spacial score (nSPS) is 14.6. The van der Waals surface area contributed by atoms with Crippen LogP contribution in [0.25, 0.3) is 28.0 Å². The van der Waals surface area contributed by atoms with Gasteiger partial charge in [-0.15, -0.1) is 0 Å². The van der Waals surface area contributed by atoms with Gasteiger partial charge >= 0.3 is 11.2 Å². The van der Waals surface area contributed by atoms with Crippen LogP contribution in [-0.4, -0.2) is 73.2 Å². The predicted octanol–water partition coefficient (Wildman–Crippen LogP) is 2.80. The molecule has 0 aliphatic rings. The maximum atomic E-state index is 13.3. The summed E-state index contributed by atoms with van der Waals surface area (Å²) in [4.78, 5) is 24.0. The lowest BCUT2D eigenvalue weighted by molar-refractivity contribution is -0.0328. The largest absolute Gasteiger partial charge is 0.446 e. The molecule has 254 valence electrons. The van der Waals surface area contributed by atoms with Gasteiger partial charge in [0.1, 0.15) is 5.65 Å². The molecule has 0 bridgehead atoms. The molecule has 0 spiro atoms. The number of H-pyrrole nitrogens is 1. The molecule has 16 heteroatoms. The SMILES string of the molecule is C[C@H](NCCCN=C(N)N)c1ccc(-n2cc3cc(-c4cc(SC(F)(F)F)cc([C@H](O)CCC(N)C(O)CO)c4)[nH]c3nc2=O)cc1. The summed E-state index contributed by atoms with van der Waals surface area (Å²) in [5.41, 5.74) is 14.2. The second-order valence-corrected chi connectivity index (χ2v) is 12.3. The van der Waals surface area contributed by atoms with E-state index < -0.39 is 36.1 Å². The Kier molecular flexibility index (Phi) is 12.1. The molecule has 12 nitrogen and oxygen atoms in total. The number of nitrogens with zero attached hydrogens (tertiary/aromatic N) is 3. The molecular formula is C31H39F3N8O4S. The van der Waals surface area contributed by atoms with E-state index in [0.717, 1.165) is 12.0 Å². The molecule has 0 amide bonds. The molecule has 2 heterocycles. The summed E-state index contributed by atoms with van der Waals surface area (Å²) in [5, 5.41) is 33.6. The number of rotatable bonds is 15. The van der Waals surface area contributed by atoms with Crippen LogP contribution in [0.3, 0.4) is 0 Å². The quantitative estimate of drug-likeness (QED) is 0.0399. The van der Waals surface area contributed by atoms with Crippen LogP contribution in [0.5, 0.6) is 0 Å². The van der Waals surface area contributed by atoms with Gasteiger partial charge in [-0.1, -0.05) is 12.1 Å². The number of guanidine groups is 1. The van der Waals surface area contributed by atoms with E-state index in [0.29, 0.717) is 35.4 Å². The van der Waals surface area contributed by atoms with Crippen molar-refractivity contribution in [3.8, 4) is 16.9 Å². The Morgan fingerprint density at radius 1 is 1.11 bits per heavy atom. The molecule has 11 N–H and O–H groups in total. The average molecular weight is 677 g/mol. The maximum Gasteiger partial charge on any atom is 0.446 e. The molecule has 2 aromatic heterocycles. The van der Waals surface area contributed by atoms with Crippen molar-refractivity contribution in [2.75, 3.05) is 19.7 Å². The third-order valence-corrected chi connectivity index (χ3v) is 8.27. The minimum Gasteiger partial charge on any atom is -0.394 e. The Hall–Kier alpha value is -3.93. The van der Waals surface area contributed by atoms with E-state index in [1.54, 1.807) is 30.5 Å². The van der Waals surface area contributed by atoms with Gasteiger partial charge in [0.25, 0.3) is 0 Å². The number of alkyl halides is 3. The smallest absolute Gasteiger partial charge is 0.394 e. The lowest BCUT2D eigenvalue weighted by Crippen LogP contribution is -2.37. The number of fused-ring (bicyclic) bond motifs is 1. The number of nitrogens with one attached hydrogen (secondary N) is 2. The molecule has 2 aromatic carbocycles. The highest BCUT2D eigenvalue weighted by Crippen LogP contribution is 2.40. The van der Waals surface area contributed by atoms with Crippen molar-refractivity contribution in [1.29, 1.82) is 0 Å². The first kappa shape index (κ1) is 35.9. The molecule has 2 unspecified atom stereocenters. The topological polar surface area (TPSA) is 214 Å².